The zero-order valence-electron chi connectivity index (χ0n) is 31.9. The summed E-state index contributed by atoms with van der Waals surface area (Å²) in [5, 5.41) is 9.57. The lowest BCUT2D eigenvalue weighted by Crippen LogP contribution is -2.50. The minimum Gasteiger partial charge on any atom is -0.477 e. The smallest absolute Gasteiger partial charge is 0.362 e. The van der Waals surface area contributed by atoms with Crippen molar-refractivity contribution in [3.05, 3.63) is 48.6 Å². The van der Waals surface area contributed by atoms with Crippen molar-refractivity contribution in [2.45, 2.75) is 154 Å². The lowest BCUT2D eigenvalue weighted by molar-refractivity contribution is -0.887. The van der Waals surface area contributed by atoms with Crippen LogP contribution in [0.5, 0.6) is 0 Å². The molecule has 1 N–H and O–H groups in total. The van der Waals surface area contributed by atoms with E-state index in [1.165, 1.54) is 38.5 Å². The van der Waals surface area contributed by atoms with Crippen molar-refractivity contribution in [3.63, 3.8) is 0 Å². The third-order valence-electron chi connectivity index (χ3n) is 8.21. The maximum Gasteiger partial charge on any atom is 0.362 e. The Kier molecular flexibility index (Phi) is 30.7. The minimum atomic E-state index is -0.886. The number of carbonyl (C=O) groups excluding carboxylic acids is 2. The van der Waals surface area contributed by atoms with E-state index in [0.717, 1.165) is 64.2 Å². The normalized spacial score (nSPS) is 13.6. The van der Waals surface area contributed by atoms with Crippen molar-refractivity contribution in [3.8, 4) is 0 Å². The fourth-order valence-electron chi connectivity index (χ4n) is 5.22. The van der Waals surface area contributed by atoms with Crippen molar-refractivity contribution in [1.82, 2.24) is 0 Å². The standard InChI is InChI=1S/C41H71NO7/c1-6-8-10-12-14-16-18-20-22-23-25-27-29-31-39(43)48-36-37(35-47-34-33-38(41(45)46)42(3,4)5)49-40(44)32-30-28-26-24-21-19-17-15-13-11-9-7-2/h9,11,15,17,20-22,24,37-38H,6-8,10,12-14,16,18-19,23,25-36H2,1-5H3/p+1/b11-9+,17-15+,22-20+,24-21+. The Balaban J connectivity index is 4.51. The lowest BCUT2D eigenvalue weighted by Gasteiger charge is -2.31. The molecular formula is C41H72NO7+. The van der Waals surface area contributed by atoms with Gasteiger partial charge in [0.05, 0.1) is 34.4 Å². The molecule has 0 bridgehead atoms. The second-order valence-corrected chi connectivity index (χ2v) is 13.8. The summed E-state index contributed by atoms with van der Waals surface area (Å²) in [6.07, 6.45) is 35.9. The van der Waals surface area contributed by atoms with E-state index < -0.39 is 18.1 Å². The van der Waals surface area contributed by atoms with Gasteiger partial charge in [-0.1, -0.05) is 101 Å². The largest absolute Gasteiger partial charge is 0.477 e. The van der Waals surface area contributed by atoms with Gasteiger partial charge in [0.25, 0.3) is 0 Å². The first-order valence-corrected chi connectivity index (χ1v) is 19.2. The molecule has 0 heterocycles. The Labute approximate surface area is 299 Å². The summed E-state index contributed by atoms with van der Waals surface area (Å²) in [6.45, 7) is 4.53. The highest BCUT2D eigenvalue weighted by molar-refractivity contribution is 5.72. The van der Waals surface area contributed by atoms with E-state index in [9.17, 15) is 19.5 Å². The van der Waals surface area contributed by atoms with Gasteiger partial charge in [0, 0.05) is 19.3 Å². The summed E-state index contributed by atoms with van der Waals surface area (Å²) in [5.41, 5.74) is 0. The first kappa shape index (κ1) is 46.3. The zero-order chi connectivity index (χ0) is 36.4. The van der Waals surface area contributed by atoms with Gasteiger partial charge < -0.3 is 23.8 Å². The highest BCUT2D eigenvalue weighted by atomic mass is 16.6. The molecule has 2 unspecified atom stereocenters. The molecule has 0 aliphatic carbocycles. The van der Waals surface area contributed by atoms with Crippen LogP contribution in [0.3, 0.4) is 0 Å². The van der Waals surface area contributed by atoms with Crippen LogP contribution in [-0.2, 0) is 28.6 Å². The van der Waals surface area contributed by atoms with Crippen LogP contribution in [0.4, 0.5) is 0 Å². The fraction of sp³-hybridized carbons (Fsp3) is 0.732. The number of nitrogens with zero attached hydrogens (tertiary/aromatic N) is 1. The van der Waals surface area contributed by atoms with Gasteiger partial charge in [-0.3, -0.25) is 9.59 Å². The highest BCUT2D eigenvalue weighted by Gasteiger charge is 2.31. The van der Waals surface area contributed by atoms with E-state index in [1.54, 1.807) is 0 Å². The van der Waals surface area contributed by atoms with Crippen LogP contribution in [0.15, 0.2) is 48.6 Å². The molecule has 0 spiro atoms. The topological polar surface area (TPSA) is 99.1 Å². The Morgan fingerprint density at radius 1 is 0.633 bits per heavy atom. The Hall–Kier alpha value is -2.71. The van der Waals surface area contributed by atoms with E-state index in [1.807, 2.05) is 21.1 Å². The summed E-state index contributed by atoms with van der Waals surface area (Å²) in [4.78, 5) is 36.7. The fourth-order valence-corrected chi connectivity index (χ4v) is 5.22. The minimum absolute atomic E-state index is 0.0397. The first-order chi connectivity index (χ1) is 23.6. The number of likely N-dealkylation sites (N-methyl/N-ethyl adjacent to an activating group) is 1. The SMILES string of the molecule is CC/C=C/C/C=C/C/C=C/CCCCC(=O)OC(COCCC(C(=O)O)[N+](C)(C)C)COC(=O)CCCCC/C=C/CCCCCCCC. The van der Waals surface area contributed by atoms with Gasteiger partial charge >= 0.3 is 17.9 Å². The van der Waals surface area contributed by atoms with Gasteiger partial charge in [0.15, 0.2) is 12.1 Å². The third-order valence-corrected chi connectivity index (χ3v) is 8.21. The molecule has 0 amide bonds. The molecule has 0 saturated heterocycles. The zero-order valence-corrected chi connectivity index (χ0v) is 31.9. The average Bonchev–Trinajstić information content (AvgIpc) is 3.05. The lowest BCUT2D eigenvalue weighted by atomic mass is 10.1. The molecule has 49 heavy (non-hydrogen) atoms. The van der Waals surface area contributed by atoms with E-state index >= 15 is 0 Å². The molecule has 2 atom stereocenters. The molecule has 0 aromatic rings. The number of aliphatic carboxylic acids is 1. The third kappa shape index (κ3) is 31.0. The second-order valence-electron chi connectivity index (χ2n) is 13.8. The molecule has 0 aliphatic rings. The molecule has 282 valence electrons. The molecule has 0 rings (SSSR count). The predicted molar refractivity (Wildman–Crippen MR) is 201 cm³/mol. The maximum atomic E-state index is 12.6. The van der Waals surface area contributed by atoms with Crippen LogP contribution in [0.1, 0.15) is 142 Å². The number of ether oxygens (including phenoxy) is 3. The number of allylic oxidation sites excluding steroid dienone is 8. The van der Waals surface area contributed by atoms with Gasteiger partial charge in [-0.15, -0.1) is 0 Å². The molecular weight excluding hydrogens is 618 g/mol. The molecule has 8 nitrogen and oxygen atoms in total. The van der Waals surface area contributed by atoms with Crippen molar-refractivity contribution >= 4 is 17.9 Å². The van der Waals surface area contributed by atoms with Crippen LogP contribution < -0.4 is 0 Å². The van der Waals surface area contributed by atoms with E-state index in [4.69, 9.17) is 14.2 Å². The molecule has 0 fully saturated rings. The summed E-state index contributed by atoms with van der Waals surface area (Å²) in [7, 11) is 5.49. The van der Waals surface area contributed by atoms with Gasteiger partial charge in [0.1, 0.15) is 6.61 Å². The Morgan fingerprint density at radius 2 is 1.14 bits per heavy atom. The number of quaternary nitrogens is 1. The number of rotatable bonds is 33. The van der Waals surface area contributed by atoms with E-state index in [0.29, 0.717) is 19.3 Å². The quantitative estimate of drug-likeness (QED) is 0.0317. The predicted octanol–water partition coefficient (Wildman–Crippen LogP) is 9.68. The van der Waals surface area contributed by atoms with Crippen LogP contribution >= 0.6 is 0 Å². The Morgan fingerprint density at radius 3 is 1.76 bits per heavy atom. The molecule has 0 aromatic heterocycles. The molecule has 8 heteroatoms. The average molecular weight is 691 g/mol. The maximum absolute atomic E-state index is 12.6. The second kappa shape index (κ2) is 32.5. The Bertz CT molecular complexity index is 948. The number of carbonyl (C=O) groups is 3. The van der Waals surface area contributed by atoms with Gasteiger partial charge in [-0.25, -0.2) is 4.79 Å². The molecule has 0 aliphatic heterocycles. The van der Waals surface area contributed by atoms with E-state index in [-0.39, 0.29) is 42.7 Å². The summed E-state index contributed by atoms with van der Waals surface area (Å²) >= 11 is 0. The van der Waals surface area contributed by atoms with Gasteiger partial charge in [-0.2, -0.15) is 0 Å². The van der Waals surface area contributed by atoms with Crippen molar-refractivity contribution in [2.75, 3.05) is 41.0 Å². The summed E-state index contributed by atoms with van der Waals surface area (Å²) in [5.74, 6) is -1.55. The van der Waals surface area contributed by atoms with E-state index in [2.05, 4.69) is 62.5 Å². The number of hydrogen-bond acceptors (Lipinski definition) is 6. The van der Waals surface area contributed by atoms with Crippen molar-refractivity contribution < 1.29 is 38.2 Å². The summed E-state index contributed by atoms with van der Waals surface area (Å²) in [6, 6.07) is -0.623. The number of unbranched alkanes of at least 4 members (excludes halogenated alkanes) is 11. The number of hydrogen-bond donors (Lipinski definition) is 1. The van der Waals surface area contributed by atoms with Crippen molar-refractivity contribution in [2.24, 2.45) is 0 Å². The van der Waals surface area contributed by atoms with Crippen LogP contribution in [0, 0.1) is 0 Å². The van der Waals surface area contributed by atoms with Crippen LogP contribution in [-0.4, -0.2) is 80.6 Å². The van der Waals surface area contributed by atoms with Gasteiger partial charge in [0.2, 0.25) is 0 Å². The first-order valence-electron chi connectivity index (χ1n) is 19.2. The van der Waals surface area contributed by atoms with Crippen LogP contribution in [0.2, 0.25) is 0 Å². The number of esters is 2. The highest BCUT2D eigenvalue weighted by Crippen LogP contribution is 2.12. The summed E-state index contributed by atoms with van der Waals surface area (Å²) < 4.78 is 17.1. The molecule has 0 radical (unpaired) electrons. The molecule has 0 saturated carbocycles. The van der Waals surface area contributed by atoms with Crippen molar-refractivity contribution in [1.29, 1.82) is 0 Å². The number of carboxylic acids is 1. The molecule has 0 aromatic carbocycles. The monoisotopic (exact) mass is 691 g/mol. The number of carboxylic acid groups (broad SMARTS) is 1. The van der Waals surface area contributed by atoms with Gasteiger partial charge in [-0.05, 0) is 70.6 Å². The van der Waals surface area contributed by atoms with Crippen LogP contribution in [0.25, 0.3) is 0 Å².